The van der Waals surface area contributed by atoms with Gasteiger partial charge in [0.2, 0.25) is 11.8 Å². The molecule has 0 unspecified atom stereocenters. The molecule has 8 heteroatoms. The van der Waals surface area contributed by atoms with Crippen molar-refractivity contribution in [3.63, 3.8) is 0 Å². The average Bonchev–Trinajstić information content (AvgIpc) is 3.03. The van der Waals surface area contributed by atoms with E-state index < -0.39 is 5.97 Å². The molecule has 0 spiro atoms. The first-order valence-electron chi connectivity index (χ1n) is 10.9. The SMILES string of the molecule is COC(=O)c1ccc2c(c1)OC[C@H](c1ccccc1)N(C(=O)C1CCN(C(C)=O)CC1)C2.S. The molecule has 0 saturated carbocycles. The van der Waals surface area contributed by atoms with Crippen molar-refractivity contribution in [1.29, 1.82) is 0 Å². The number of rotatable bonds is 3. The van der Waals surface area contributed by atoms with Gasteiger partial charge in [0.1, 0.15) is 12.4 Å². The summed E-state index contributed by atoms with van der Waals surface area (Å²) in [5.41, 5.74) is 2.27. The molecular weight excluding hydrogens is 440 g/mol. The predicted molar refractivity (Wildman–Crippen MR) is 128 cm³/mol. The maximum atomic E-state index is 13.7. The van der Waals surface area contributed by atoms with Crippen LogP contribution >= 0.6 is 13.5 Å². The largest absolute Gasteiger partial charge is 0.491 e. The molecule has 2 aliphatic heterocycles. The van der Waals surface area contributed by atoms with Crippen molar-refractivity contribution in [3.05, 3.63) is 65.2 Å². The number of esters is 1. The lowest BCUT2D eigenvalue weighted by molar-refractivity contribution is -0.143. The lowest BCUT2D eigenvalue weighted by atomic mass is 9.93. The van der Waals surface area contributed by atoms with Gasteiger partial charge in [0, 0.05) is 31.5 Å². The number of benzene rings is 2. The van der Waals surface area contributed by atoms with Crippen molar-refractivity contribution >= 4 is 31.3 Å². The van der Waals surface area contributed by atoms with E-state index >= 15 is 0 Å². The summed E-state index contributed by atoms with van der Waals surface area (Å²) in [4.78, 5) is 41.0. The molecule has 0 N–H and O–H groups in total. The maximum absolute atomic E-state index is 13.7. The van der Waals surface area contributed by atoms with Crippen LogP contribution in [0, 0.1) is 5.92 Å². The number of ether oxygens (including phenoxy) is 2. The monoisotopic (exact) mass is 470 g/mol. The number of methoxy groups -OCH3 is 1. The number of likely N-dealkylation sites (tertiary alicyclic amines) is 1. The van der Waals surface area contributed by atoms with Gasteiger partial charge in [0.25, 0.3) is 0 Å². The zero-order valence-electron chi connectivity index (χ0n) is 19.0. The third-order valence-electron chi connectivity index (χ3n) is 6.36. The van der Waals surface area contributed by atoms with Gasteiger partial charge in [-0.15, -0.1) is 0 Å². The molecule has 2 aliphatic rings. The van der Waals surface area contributed by atoms with E-state index in [9.17, 15) is 14.4 Å². The van der Waals surface area contributed by atoms with Gasteiger partial charge in [-0.25, -0.2) is 4.79 Å². The van der Waals surface area contributed by atoms with Gasteiger partial charge in [-0.05, 0) is 30.5 Å². The highest BCUT2D eigenvalue weighted by Crippen LogP contribution is 2.34. The van der Waals surface area contributed by atoms with Crippen LogP contribution in [0.1, 0.15) is 47.3 Å². The van der Waals surface area contributed by atoms with Crippen molar-refractivity contribution in [1.82, 2.24) is 9.80 Å². The van der Waals surface area contributed by atoms with Crippen molar-refractivity contribution < 1.29 is 23.9 Å². The van der Waals surface area contributed by atoms with E-state index in [1.165, 1.54) is 7.11 Å². The highest BCUT2D eigenvalue weighted by molar-refractivity contribution is 7.59. The molecule has 0 bridgehead atoms. The number of carbonyl (C=O) groups is 3. The Labute approximate surface area is 201 Å². The highest BCUT2D eigenvalue weighted by Gasteiger charge is 2.35. The Kier molecular flexibility index (Phi) is 8.02. The summed E-state index contributed by atoms with van der Waals surface area (Å²) in [7, 11) is 1.35. The zero-order valence-corrected chi connectivity index (χ0v) is 20.0. The van der Waals surface area contributed by atoms with E-state index in [0.29, 0.717) is 50.4 Å². The molecular formula is C25H30N2O5S. The molecule has 2 aromatic carbocycles. The number of fused-ring (bicyclic) bond motifs is 1. The number of nitrogens with zero attached hydrogens (tertiary/aromatic N) is 2. The smallest absolute Gasteiger partial charge is 0.337 e. The summed E-state index contributed by atoms with van der Waals surface area (Å²) in [5.74, 6) is 0.167. The molecule has 0 radical (unpaired) electrons. The summed E-state index contributed by atoms with van der Waals surface area (Å²) in [6, 6.07) is 14.8. The van der Waals surface area contributed by atoms with Gasteiger partial charge >= 0.3 is 5.97 Å². The minimum absolute atomic E-state index is 0. The fraction of sp³-hybridized carbons (Fsp3) is 0.400. The van der Waals surface area contributed by atoms with E-state index in [1.807, 2.05) is 41.3 Å². The fourth-order valence-electron chi connectivity index (χ4n) is 4.48. The molecule has 1 fully saturated rings. The molecule has 4 rings (SSSR count). The van der Waals surface area contributed by atoms with Crippen LogP contribution < -0.4 is 4.74 Å². The van der Waals surface area contributed by atoms with Gasteiger partial charge in [0.15, 0.2) is 0 Å². The second-order valence-electron chi connectivity index (χ2n) is 8.30. The van der Waals surface area contributed by atoms with Crippen LogP contribution in [0.25, 0.3) is 0 Å². The second kappa shape index (κ2) is 10.7. The van der Waals surface area contributed by atoms with Crippen LogP contribution in [0.2, 0.25) is 0 Å². The molecule has 1 atom stereocenters. The summed E-state index contributed by atoms with van der Waals surface area (Å²) in [5, 5.41) is 0. The normalized spacial score (nSPS) is 18.3. The molecule has 0 aliphatic carbocycles. The third kappa shape index (κ3) is 5.33. The minimum Gasteiger partial charge on any atom is -0.491 e. The standard InChI is InChI=1S/C25H28N2O5.H2S/c1-17(28)26-12-10-19(11-13-26)24(29)27-15-21-9-8-20(25(30)31-2)14-23(21)32-16-22(27)18-6-4-3-5-7-18;/h3-9,14,19,22H,10-13,15-16H2,1-2H3;1H2/t22-;/m1./s1. The number of amides is 2. The van der Waals surface area contributed by atoms with Gasteiger partial charge in [-0.1, -0.05) is 36.4 Å². The lowest BCUT2D eigenvalue weighted by Gasteiger charge is -2.36. The minimum atomic E-state index is -0.426. The Morgan fingerprint density at radius 1 is 1.03 bits per heavy atom. The summed E-state index contributed by atoms with van der Waals surface area (Å²) in [6.45, 7) is 3.46. The zero-order chi connectivity index (χ0) is 22.7. The quantitative estimate of drug-likeness (QED) is 0.644. The van der Waals surface area contributed by atoms with Crippen LogP contribution in [0.5, 0.6) is 5.75 Å². The van der Waals surface area contributed by atoms with Crippen LogP contribution in [0.15, 0.2) is 48.5 Å². The van der Waals surface area contributed by atoms with E-state index in [2.05, 4.69) is 0 Å². The first-order valence-corrected chi connectivity index (χ1v) is 10.9. The first-order chi connectivity index (χ1) is 15.5. The molecule has 1 saturated heterocycles. The summed E-state index contributed by atoms with van der Waals surface area (Å²) in [6.07, 6.45) is 1.32. The Morgan fingerprint density at radius 2 is 1.73 bits per heavy atom. The first kappa shape index (κ1) is 24.6. The number of piperidine rings is 1. The Morgan fingerprint density at radius 3 is 2.36 bits per heavy atom. The van der Waals surface area contributed by atoms with Crippen LogP contribution in [-0.2, 0) is 20.9 Å². The molecule has 2 aromatic rings. The molecule has 2 heterocycles. The topological polar surface area (TPSA) is 76.2 Å². The average molecular weight is 471 g/mol. The van der Waals surface area contributed by atoms with E-state index in [1.54, 1.807) is 24.0 Å². The van der Waals surface area contributed by atoms with Crippen molar-refractivity contribution in [2.24, 2.45) is 5.92 Å². The second-order valence-corrected chi connectivity index (χ2v) is 8.30. The molecule has 176 valence electrons. The Hall–Kier alpha value is -3.00. The number of hydrogen-bond acceptors (Lipinski definition) is 5. The lowest BCUT2D eigenvalue weighted by Crippen LogP contribution is -2.45. The molecule has 0 aromatic heterocycles. The summed E-state index contributed by atoms with van der Waals surface area (Å²) >= 11 is 0. The number of hydrogen-bond donors (Lipinski definition) is 0. The van der Waals surface area contributed by atoms with Gasteiger partial charge in [-0.3, -0.25) is 9.59 Å². The van der Waals surface area contributed by atoms with E-state index in [0.717, 1.165) is 11.1 Å². The molecule has 33 heavy (non-hydrogen) atoms. The molecule has 7 nitrogen and oxygen atoms in total. The summed E-state index contributed by atoms with van der Waals surface area (Å²) < 4.78 is 10.9. The highest BCUT2D eigenvalue weighted by atomic mass is 32.1. The fourth-order valence-corrected chi connectivity index (χ4v) is 4.48. The van der Waals surface area contributed by atoms with Crippen LogP contribution in [0.4, 0.5) is 0 Å². The maximum Gasteiger partial charge on any atom is 0.337 e. The van der Waals surface area contributed by atoms with Crippen molar-refractivity contribution in [3.8, 4) is 5.75 Å². The van der Waals surface area contributed by atoms with Crippen molar-refractivity contribution in [2.45, 2.75) is 32.4 Å². The van der Waals surface area contributed by atoms with Crippen LogP contribution in [-0.4, -0.2) is 54.4 Å². The van der Waals surface area contributed by atoms with Crippen LogP contribution in [0.3, 0.4) is 0 Å². The third-order valence-corrected chi connectivity index (χ3v) is 6.36. The Balaban J connectivity index is 0.00000306. The van der Waals surface area contributed by atoms with E-state index in [4.69, 9.17) is 9.47 Å². The van der Waals surface area contributed by atoms with Gasteiger partial charge < -0.3 is 19.3 Å². The van der Waals surface area contributed by atoms with Gasteiger partial charge in [-0.2, -0.15) is 13.5 Å². The van der Waals surface area contributed by atoms with Crippen molar-refractivity contribution in [2.75, 3.05) is 26.8 Å². The van der Waals surface area contributed by atoms with E-state index in [-0.39, 0.29) is 37.3 Å². The van der Waals surface area contributed by atoms with Gasteiger partial charge in [0.05, 0.1) is 25.3 Å². The predicted octanol–water partition coefficient (Wildman–Crippen LogP) is 3.31. The molecule has 2 amide bonds. The number of carbonyl (C=O) groups excluding carboxylic acids is 3. The Bertz CT molecular complexity index is 1010.